The zero-order valence-electron chi connectivity index (χ0n) is 22.6. The summed E-state index contributed by atoms with van der Waals surface area (Å²) in [6.45, 7) is 5.49. The monoisotopic (exact) mass is 578 g/mol. The van der Waals surface area contributed by atoms with Crippen molar-refractivity contribution >= 4 is 35.0 Å². The van der Waals surface area contributed by atoms with Gasteiger partial charge in [0.2, 0.25) is 0 Å². The zero-order chi connectivity index (χ0) is 28.6. The Morgan fingerprint density at radius 3 is 2.50 bits per heavy atom. The predicted molar refractivity (Wildman–Crippen MR) is 153 cm³/mol. The molecule has 0 radical (unpaired) electrons. The van der Waals surface area contributed by atoms with Crippen molar-refractivity contribution in [2.24, 2.45) is 4.99 Å². The Labute approximate surface area is 239 Å². The second-order valence-electron chi connectivity index (χ2n) is 8.95. The number of thiazole rings is 1. The van der Waals surface area contributed by atoms with E-state index in [2.05, 4.69) is 10.1 Å². The first-order valence-corrected chi connectivity index (χ1v) is 13.7. The fourth-order valence-corrected chi connectivity index (χ4v) is 6.03. The van der Waals surface area contributed by atoms with Gasteiger partial charge in [-0.1, -0.05) is 47.2 Å². The number of hydrogen-bond donors (Lipinski definition) is 0. The van der Waals surface area contributed by atoms with Gasteiger partial charge in [-0.25, -0.2) is 14.5 Å². The molecule has 0 N–H and O–H groups in total. The van der Waals surface area contributed by atoms with Crippen LogP contribution in [0.25, 0.3) is 11.8 Å². The Hall–Kier alpha value is -4.15. The fraction of sp³-hybridized carbons (Fsp3) is 0.241. The minimum atomic E-state index is -0.791. The van der Waals surface area contributed by atoms with E-state index >= 15 is 0 Å². The quantitative estimate of drug-likeness (QED) is 0.308. The Bertz CT molecular complexity index is 1820. The third kappa shape index (κ3) is 4.73. The van der Waals surface area contributed by atoms with Gasteiger partial charge < -0.3 is 14.2 Å². The average molecular weight is 579 g/mol. The summed E-state index contributed by atoms with van der Waals surface area (Å²) in [7, 11) is 3.07. The number of aromatic nitrogens is 3. The maximum absolute atomic E-state index is 14.0. The number of rotatable bonds is 7. The highest BCUT2D eigenvalue weighted by atomic mass is 35.5. The SMILES string of the molecule is CCOC(=O)C1=C(C)N=c2sc(=Cc3c(C)nn(-c4ccccc4)c3Cl)c(=O)n2C1c1ccc(OC)c(OC)c1. The molecule has 0 bridgehead atoms. The highest BCUT2D eigenvalue weighted by Crippen LogP contribution is 2.36. The molecule has 0 saturated carbocycles. The van der Waals surface area contributed by atoms with Gasteiger partial charge in [0.15, 0.2) is 16.3 Å². The lowest BCUT2D eigenvalue weighted by Gasteiger charge is -2.25. The molecular formula is C29H27ClN4O5S. The molecule has 0 aliphatic carbocycles. The van der Waals surface area contributed by atoms with E-state index in [0.717, 1.165) is 5.69 Å². The molecule has 0 spiro atoms. The maximum atomic E-state index is 14.0. The van der Waals surface area contributed by atoms with Crippen molar-refractivity contribution in [3.05, 3.63) is 101 Å². The van der Waals surface area contributed by atoms with Gasteiger partial charge in [0.25, 0.3) is 5.56 Å². The van der Waals surface area contributed by atoms with Crippen molar-refractivity contribution < 1.29 is 19.0 Å². The van der Waals surface area contributed by atoms with E-state index in [1.165, 1.54) is 23.0 Å². The van der Waals surface area contributed by atoms with Crippen LogP contribution in [0, 0.1) is 6.92 Å². The molecule has 0 saturated heterocycles. The number of ether oxygens (including phenoxy) is 3. The number of carbonyl (C=O) groups excluding carboxylic acids is 1. The molecule has 206 valence electrons. The number of allylic oxidation sites excluding steroid dienone is 1. The third-order valence-corrected chi connectivity index (χ3v) is 7.91. The zero-order valence-corrected chi connectivity index (χ0v) is 24.2. The van der Waals surface area contributed by atoms with Crippen molar-refractivity contribution in [1.82, 2.24) is 14.3 Å². The first kappa shape index (κ1) is 27.4. The van der Waals surface area contributed by atoms with Crippen molar-refractivity contribution in [2.75, 3.05) is 20.8 Å². The maximum Gasteiger partial charge on any atom is 0.338 e. The molecule has 1 atom stereocenters. The molecule has 9 nitrogen and oxygen atoms in total. The highest BCUT2D eigenvalue weighted by molar-refractivity contribution is 7.07. The van der Waals surface area contributed by atoms with Crippen LogP contribution in [-0.2, 0) is 9.53 Å². The van der Waals surface area contributed by atoms with E-state index in [4.69, 9.17) is 25.8 Å². The normalized spacial score (nSPS) is 15.1. The van der Waals surface area contributed by atoms with Gasteiger partial charge in [-0.3, -0.25) is 9.36 Å². The van der Waals surface area contributed by atoms with Crippen LogP contribution in [0.1, 0.15) is 36.7 Å². The van der Waals surface area contributed by atoms with Crippen molar-refractivity contribution in [1.29, 1.82) is 0 Å². The number of aryl methyl sites for hydroxylation is 1. The molecule has 0 fully saturated rings. The summed E-state index contributed by atoms with van der Waals surface area (Å²) in [5, 5.41) is 4.97. The number of carbonyl (C=O) groups is 1. The summed E-state index contributed by atoms with van der Waals surface area (Å²) in [5.41, 5.74) is 3.17. The smallest absolute Gasteiger partial charge is 0.338 e. The van der Waals surface area contributed by atoms with Gasteiger partial charge in [-0.2, -0.15) is 5.10 Å². The molecule has 0 amide bonds. The van der Waals surface area contributed by atoms with Crippen LogP contribution in [-0.4, -0.2) is 41.1 Å². The highest BCUT2D eigenvalue weighted by Gasteiger charge is 2.34. The van der Waals surface area contributed by atoms with Crippen LogP contribution in [0.3, 0.4) is 0 Å². The first-order valence-electron chi connectivity index (χ1n) is 12.5. The van der Waals surface area contributed by atoms with E-state index in [-0.39, 0.29) is 17.7 Å². The lowest BCUT2D eigenvalue weighted by molar-refractivity contribution is -0.139. The molecule has 1 aliphatic rings. The number of para-hydroxylation sites is 1. The number of esters is 1. The predicted octanol–water partition coefficient (Wildman–Crippen LogP) is 3.96. The molecular weight excluding hydrogens is 552 g/mol. The third-order valence-electron chi connectivity index (χ3n) is 6.56. The van der Waals surface area contributed by atoms with E-state index in [1.54, 1.807) is 49.9 Å². The molecule has 40 heavy (non-hydrogen) atoms. The van der Waals surface area contributed by atoms with Gasteiger partial charge in [0, 0.05) is 5.56 Å². The van der Waals surface area contributed by atoms with Gasteiger partial charge in [0.1, 0.15) is 5.15 Å². The summed E-state index contributed by atoms with van der Waals surface area (Å²) >= 11 is 7.97. The van der Waals surface area contributed by atoms with Crippen LogP contribution in [0.5, 0.6) is 11.5 Å². The number of benzene rings is 2. The number of fused-ring (bicyclic) bond motifs is 1. The van der Waals surface area contributed by atoms with Crippen molar-refractivity contribution in [3.8, 4) is 17.2 Å². The Morgan fingerprint density at radius 1 is 1.10 bits per heavy atom. The van der Waals surface area contributed by atoms with Gasteiger partial charge in [-0.05, 0) is 56.7 Å². The number of nitrogens with zero attached hydrogens (tertiary/aromatic N) is 4. The minimum absolute atomic E-state index is 0.182. The molecule has 1 unspecified atom stereocenters. The largest absolute Gasteiger partial charge is 0.493 e. The Morgan fingerprint density at radius 2 is 1.82 bits per heavy atom. The van der Waals surface area contributed by atoms with Crippen molar-refractivity contribution in [3.63, 3.8) is 0 Å². The van der Waals surface area contributed by atoms with Crippen LogP contribution in [0.15, 0.2) is 69.6 Å². The van der Waals surface area contributed by atoms with Gasteiger partial charge in [-0.15, -0.1) is 0 Å². The molecule has 2 aromatic carbocycles. The molecule has 4 aromatic rings. The Balaban J connectivity index is 1.72. The summed E-state index contributed by atoms with van der Waals surface area (Å²) in [4.78, 5) is 32.2. The molecule has 11 heteroatoms. The minimum Gasteiger partial charge on any atom is -0.493 e. The summed E-state index contributed by atoms with van der Waals surface area (Å²) in [6.07, 6.45) is 1.73. The first-order chi connectivity index (χ1) is 19.3. The number of hydrogen-bond acceptors (Lipinski definition) is 8. The van der Waals surface area contributed by atoms with Crippen LogP contribution < -0.4 is 24.4 Å². The second-order valence-corrected chi connectivity index (χ2v) is 10.3. The summed E-state index contributed by atoms with van der Waals surface area (Å²) in [6, 6.07) is 14.0. The second kappa shape index (κ2) is 11.1. The Kier molecular flexibility index (Phi) is 7.64. The molecule has 3 heterocycles. The van der Waals surface area contributed by atoms with Crippen LogP contribution in [0.4, 0.5) is 0 Å². The van der Waals surface area contributed by atoms with Crippen molar-refractivity contribution in [2.45, 2.75) is 26.8 Å². The van der Waals surface area contributed by atoms with Crippen LogP contribution >= 0.6 is 22.9 Å². The summed E-state index contributed by atoms with van der Waals surface area (Å²) < 4.78 is 19.8. The molecule has 1 aliphatic heterocycles. The summed E-state index contributed by atoms with van der Waals surface area (Å²) in [5.74, 6) is 0.453. The van der Waals surface area contributed by atoms with E-state index in [0.29, 0.717) is 48.5 Å². The lowest BCUT2D eigenvalue weighted by Crippen LogP contribution is -2.40. The lowest BCUT2D eigenvalue weighted by atomic mass is 9.95. The van der Waals surface area contributed by atoms with Crippen LogP contribution in [0.2, 0.25) is 5.15 Å². The number of methoxy groups -OCH3 is 2. The average Bonchev–Trinajstić information content (AvgIpc) is 3.42. The van der Waals surface area contributed by atoms with Gasteiger partial charge >= 0.3 is 5.97 Å². The molecule has 5 rings (SSSR count). The fourth-order valence-electron chi connectivity index (χ4n) is 4.68. The molecule has 2 aromatic heterocycles. The van der Waals surface area contributed by atoms with E-state index in [9.17, 15) is 9.59 Å². The van der Waals surface area contributed by atoms with Gasteiger partial charge in [0.05, 0.1) is 54.1 Å². The van der Waals surface area contributed by atoms with E-state index < -0.39 is 12.0 Å². The standard InChI is InChI=1S/C29H27ClN4O5S/c1-6-39-28(36)24-17(3)31-29-33(25(24)18-12-13-21(37-4)22(14-18)38-5)27(35)23(40-29)15-20-16(2)32-34(26(20)30)19-10-8-7-9-11-19/h7-15,25H,6H2,1-5H3. The topological polar surface area (TPSA) is 96.9 Å². The number of halogens is 1. The van der Waals surface area contributed by atoms with E-state index in [1.807, 2.05) is 37.3 Å².